The van der Waals surface area contributed by atoms with Crippen molar-refractivity contribution in [1.29, 1.82) is 5.26 Å². The average molecular weight is 558 g/mol. The number of hydrogen-bond donors (Lipinski definition) is 2. The number of benzene rings is 1. The number of fused-ring (bicyclic) bond motifs is 1. The third-order valence-corrected chi connectivity index (χ3v) is 7.02. The Kier molecular flexibility index (Phi) is 7.96. The molecule has 2 N–H and O–H groups in total. The van der Waals surface area contributed by atoms with Gasteiger partial charge in [-0.25, -0.2) is 18.7 Å². The van der Waals surface area contributed by atoms with E-state index >= 15 is 0 Å². The normalized spacial score (nSPS) is 14.0. The van der Waals surface area contributed by atoms with Crippen LogP contribution in [-0.4, -0.2) is 75.9 Å². The Labute approximate surface area is 235 Å². The van der Waals surface area contributed by atoms with Crippen molar-refractivity contribution in [2.75, 3.05) is 44.2 Å². The molecule has 1 aliphatic heterocycles. The zero-order chi connectivity index (χ0) is 28.9. The highest BCUT2D eigenvalue weighted by molar-refractivity contribution is 5.86. The maximum absolute atomic E-state index is 13.4. The number of rotatable bonds is 8. The van der Waals surface area contributed by atoms with Crippen LogP contribution in [0.5, 0.6) is 5.75 Å². The SMILES string of the molecule is CCOc1cc(-c2ccc(N3CCN(C(=O)C(CNC(=O)O)c4ccc(F)cc4)CC3)nc2)c2c(C#N)cnn2c1. The number of carboxylic acid groups (broad SMARTS) is 1. The number of ether oxygens (including phenoxy) is 1. The number of hydrogen-bond acceptors (Lipinski definition) is 7. The third kappa shape index (κ3) is 5.89. The molecule has 0 spiro atoms. The highest BCUT2D eigenvalue weighted by Crippen LogP contribution is 2.31. The standard InChI is InChI=1S/C29H28FN7O4/c1-2-41-23-13-24(27-21(14-31)16-34-37(27)18-23)20-5-8-26(32-15-20)35-9-11-36(12-10-35)28(38)25(17-33-29(39)40)19-3-6-22(30)7-4-19/h3-8,13,15-16,18,25,33H,2,9-12,17H2,1H3,(H,39,40). The van der Waals surface area contributed by atoms with Gasteiger partial charge in [-0.1, -0.05) is 12.1 Å². The second kappa shape index (κ2) is 11.9. The Bertz CT molecular complexity index is 1590. The highest BCUT2D eigenvalue weighted by Gasteiger charge is 2.29. The predicted octanol–water partition coefficient (Wildman–Crippen LogP) is 3.51. The van der Waals surface area contributed by atoms with E-state index in [0.717, 1.165) is 16.9 Å². The van der Waals surface area contributed by atoms with Gasteiger partial charge in [0.1, 0.15) is 23.5 Å². The quantitative estimate of drug-likeness (QED) is 0.336. The lowest BCUT2D eigenvalue weighted by Crippen LogP contribution is -2.51. The third-order valence-electron chi connectivity index (χ3n) is 7.02. The molecule has 1 aliphatic rings. The van der Waals surface area contributed by atoms with Gasteiger partial charge in [0, 0.05) is 50.0 Å². The Morgan fingerprint density at radius 1 is 1.15 bits per heavy atom. The van der Waals surface area contributed by atoms with Gasteiger partial charge in [0.05, 0.1) is 36.0 Å². The van der Waals surface area contributed by atoms with Gasteiger partial charge in [-0.05, 0) is 42.8 Å². The minimum atomic E-state index is -1.23. The Hall–Kier alpha value is -5.18. The number of anilines is 1. The van der Waals surface area contributed by atoms with E-state index in [2.05, 4.69) is 26.4 Å². The highest BCUT2D eigenvalue weighted by atomic mass is 19.1. The van der Waals surface area contributed by atoms with E-state index in [1.54, 1.807) is 21.8 Å². The minimum Gasteiger partial charge on any atom is -0.492 e. The van der Waals surface area contributed by atoms with E-state index < -0.39 is 17.8 Å². The molecule has 210 valence electrons. The monoisotopic (exact) mass is 557 g/mol. The topological polar surface area (TPSA) is 136 Å². The van der Waals surface area contributed by atoms with E-state index in [9.17, 15) is 19.2 Å². The molecule has 12 heteroatoms. The molecule has 4 heterocycles. The number of carbonyl (C=O) groups excluding carboxylic acids is 1. The molecule has 41 heavy (non-hydrogen) atoms. The molecule has 0 radical (unpaired) electrons. The zero-order valence-electron chi connectivity index (χ0n) is 22.3. The van der Waals surface area contributed by atoms with Crippen LogP contribution in [0.1, 0.15) is 24.0 Å². The Morgan fingerprint density at radius 3 is 2.54 bits per heavy atom. The van der Waals surface area contributed by atoms with Crippen LogP contribution in [0, 0.1) is 17.1 Å². The van der Waals surface area contributed by atoms with Crippen molar-refractivity contribution in [1.82, 2.24) is 24.8 Å². The largest absolute Gasteiger partial charge is 0.492 e. The van der Waals surface area contributed by atoms with Crippen LogP contribution < -0.4 is 15.0 Å². The molecule has 0 saturated carbocycles. The van der Waals surface area contributed by atoms with Gasteiger partial charge in [0.15, 0.2) is 0 Å². The van der Waals surface area contributed by atoms with Gasteiger partial charge in [0.2, 0.25) is 5.91 Å². The molecule has 1 aromatic carbocycles. The number of amides is 2. The summed E-state index contributed by atoms with van der Waals surface area (Å²) in [6, 6.07) is 13.4. The number of piperazine rings is 1. The van der Waals surface area contributed by atoms with Gasteiger partial charge in [0.25, 0.3) is 0 Å². The van der Waals surface area contributed by atoms with Gasteiger partial charge in [-0.2, -0.15) is 10.4 Å². The number of nitriles is 1. The summed E-state index contributed by atoms with van der Waals surface area (Å²) in [6.07, 6.45) is 3.78. The van der Waals surface area contributed by atoms with Crippen LogP contribution in [0.3, 0.4) is 0 Å². The molecule has 5 rings (SSSR count). The molecule has 1 fully saturated rings. The van der Waals surface area contributed by atoms with Crippen molar-refractivity contribution < 1.29 is 23.8 Å². The van der Waals surface area contributed by atoms with E-state index in [1.807, 2.05) is 25.1 Å². The molecule has 0 bridgehead atoms. The maximum Gasteiger partial charge on any atom is 0.404 e. The first-order valence-corrected chi connectivity index (χ1v) is 13.1. The fraction of sp³-hybridized carbons (Fsp3) is 0.276. The van der Waals surface area contributed by atoms with Crippen LogP contribution in [0.4, 0.5) is 15.0 Å². The van der Waals surface area contributed by atoms with E-state index in [0.29, 0.717) is 55.2 Å². The first-order valence-electron chi connectivity index (χ1n) is 13.1. The van der Waals surface area contributed by atoms with Crippen molar-refractivity contribution in [2.45, 2.75) is 12.8 Å². The molecule has 1 saturated heterocycles. The summed E-state index contributed by atoms with van der Waals surface area (Å²) in [5.41, 5.74) is 3.25. The molecule has 3 aromatic heterocycles. The minimum absolute atomic E-state index is 0.106. The van der Waals surface area contributed by atoms with Crippen molar-refractivity contribution in [3.8, 4) is 22.9 Å². The lowest BCUT2D eigenvalue weighted by Gasteiger charge is -2.37. The number of nitrogens with one attached hydrogen (secondary N) is 1. The van der Waals surface area contributed by atoms with Gasteiger partial charge < -0.3 is 25.0 Å². The van der Waals surface area contributed by atoms with Crippen LogP contribution >= 0.6 is 0 Å². The van der Waals surface area contributed by atoms with Crippen LogP contribution in [0.25, 0.3) is 16.6 Å². The molecular weight excluding hydrogens is 529 g/mol. The average Bonchev–Trinajstić information content (AvgIpc) is 3.41. The molecule has 1 unspecified atom stereocenters. The molecule has 1 atom stereocenters. The summed E-state index contributed by atoms with van der Waals surface area (Å²) in [7, 11) is 0. The predicted molar refractivity (Wildman–Crippen MR) is 148 cm³/mol. The van der Waals surface area contributed by atoms with E-state index in [-0.39, 0.29) is 12.5 Å². The van der Waals surface area contributed by atoms with Crippen molar-refractivity contribution in [3.63, 3.8) is 0 Å². The molecular formula is C29H28FN7O4. The Morgan fingerprint density at radius 2 is 1.90 bits per heavy atom. The van der Waals surface area contributed by atoms with Crippen molar-refractivity contribution in [3.05, 3.63) is 78.0 Å². The van der Waals surface area contributed by atoms with Crippen LogP contribution in [0.15, 0.2) is 61.1 Å². The fourth-order valence-electron chi connectivity index (χ4n) is 4.99. The number of aromatic nitrogens is 3. The summed E-state index contributed by atoms with van der Waals surface area (Å²) >= 11 is 0. The molecule has 11 nitrogen and oxygen atoms in total. The molecule has 4 aromatic rings. The zero-order valence-corrected chi connectivity index (χ0v) is 22.3. The summed E-state index contributed by atoms with van der Waals surface area (Å²) in [5.74, 6) is -0.0396. The number of carbonyl (C=O) groups is 2. The summed E-state index contributed by atoms with van der Waals surface area (Å²) in [5, 5.41) is 25.2. The summed E-state index contributed by atoms with van der Waals surface area (Å²) in [6.45, 7) is 4.19. The lowest BCUT2D eigenvalue weighted by atomic mass is 9.97. The maximum atomic E-state index is 13.4. The van der Waals surface area contributed by atoms with Crippen molar-refractivity contribution in [2.24, 2.45) is 0 Å². The van der Waals surface area contributed by atoms with Crippen LogP contribution in [-0.2, 0) is 4.79 Å². The molecule has 2 amide bonds. The second-order valence-corrected chi connectivity index (χ2v) is 9.49. The van der Waals surface area contributed by atoms with Gasteiger partial charge in [-0.15, -0.1) is 0 Å². The van der Waals surface area contributed by atoms with E-state index in [1.165, 1.54) is 30.5 Å². The summed E-state index contributed by atoms with van der Waals surface area (Å²) < 4.78 is 20.8. The van der Waals surface area contributed by atoms with Crippen molar-refractivity contribution >= 4 is 23.3 Å². The first kappa shape index (κ1) is 27.4. The van der Waals surface area contributed by atoms with Gasteiger partial charge in [-0.3, -0.25) is 4.79 Å². The number of nitrogens with zero attached hydrogens (tertiary/aromatic N) is 6. The summed E-state index contributed by atoms with van der Waals surface area (Å²) in [4.78, 5) is 32.9. The number of pyridine rings is 2. The van der Waals surface area contributed by atoms with Gasteiger partial charge >= 0.3 is 6.09 Å². The molecule has 0 aliphatic carbocycles. The lowest BCUT2D eigenvalue weighted by molar-refractivity contribution is -0.133. The first-order chi connectivity index (χ1) is 19.9. The Balaban J connectivity index is 1.30. The number of halogens is 1. The second-order valence-electron chi connectivity index (χ2n) is 9.49. The van der Waals surface area contributed by atoms with Crippen LogP contribution in [0.2, 0.25) is 0 Å². The fourth-order valence-corrected chi connectivity index (χ4v) is 4.99. The van der Waals surface area contributed by atoms with E-state index in [4.69, 9.17) is 9.84 Å². The smallest absolute Gasteiger partial charge is 0.404 e.